The summed E-state index contributed by atoms with van der Waals surface area (Å²) in [4.78, 5) is 9.82. The lowest BCUT2D eigenvalue weighted by Gasteiger charge is -2.09. The third kappa shape index (κ3) is 3.47. The third-order valence-electron chi connectivity index (χ3n) is 1.55. The zero-order chi connectivity index (χ0) is 11.3. The molecule has 1 aromatic rings. The van der Waals surface area contributed by atoms with Crippen molar-refractivity contribution in [2.75, 3.05) is 5.43 Å². The van der Waals surface area contributed by atoms with Crippen molar-refractivity contribution in [1.29, 1.82) is 0 Å². The highest BCUT2D eigenvalue weighted by Gasteiger charge is 2.29. The standard InChI is InChI=1S/C8H8F3N3O/c9-8(10,11)6-1-3-7(4-2-6)13-14-12-5-15/h1-5,13-14H,(H,12,15). The topological polar surface area (TPSA) is 53.2 Å². The van der Waals surface area contributed by atoms with Gasteiger partial charge in [0.05, 0.1) is 11.3 Å². The highest BCUT2D eigenvalue weighted by atomic mass is 19.4. The second-order valence-corrected chi connectivity index (χ2v) is 2.59. The quantitative estimate of drug-likeness (QED) is 0.406. The fourth-order valence-corrected chi connectivity index (χ4v) is 0.880. The molecule has 0 heterocycles. The Labute approximate surface area is 83.4 Å². The predicted molar refractivity (Wildman–Crippen MR) is 47.4 cm³/mol. The summed E-state index contributed by atoms with van der Waals surface area (Å²) in [6.07, 6.45) is -3.95. The van der Waals surface area contributed by atoms with Crippen LogP contribution in [0.15, 0.2) is 24.3 Å². The molecule has 0 bridgehead atoms. The summed E-state index contributed by atoms with van der Waals surface area (Å²) in [5.41, 5.74) is 6.48. The lowest BCUT2D eigenvalue weighted by Crippen LogP contribution is -2.35. The van der Waals surface area contributed by atoms with E-state index in [1.807, 2.05) is 0 Å². The highest BCUT2D eigenvalue weighted by molar-refractivity contribution is 5.47. The Morgan fingerprint density at radius 1 is 1.13 bits per heavy atom. The van der Waals surface area contributed by atoms with Gasteiger partial charge in [0.15, 0.2) is 0 Å². The maximum atomic E-state index is 12.1. The number of alkyl halides is 3. The fourth-order valence-electron chi connectivity index (χ4n) is 0.880. The van der Waals surface area contributed by atoms with Gasteiger partial charge in [-0.05, 0) is 24.3 Å². The molecular weight excluding hydrogens is 211 g/mol. The number of anilines is 1. The number of hydrazine groups is 2. The van der Waals surface area contributed by atoms with Gasteiger partial charge in [0.2, 0.25) is 6.41 Å². The first kappa shape index (κ1) is 11.3. The minimum Gasteiger partial charge on any atom is -0.304 e. The Morgan fingerprint density at radius 2 is 1.73 bits per heavy atom. The molecule has 0 aliphatic heterocycles. The minimum atomic E-state index is -4.34. The number of hydrogen-bond acceptors (Lipinski definition) is 3. The van der Waals surface area contributed by atoms with Crippen LogP contribution in [0.2, 0.25) is 0 Å². The van der Waals surface area contributed by atoms with Crippen molar-refractivity contribution in [3.8, 4) is 0 Å². The summed E-state index contributed by atoms with van der Waals surface area (Å²) in [5, 5.41) is 0. The molecule has 4 nitrogen and oxygen atoms in total. The second kappa shape index (κ2) is 4.65. The van der Waals surface area contributed by atoms with Crippen LogP contribution in [0.4, 0.5) is 18.9 Å². The second-order valence-electron chi connectivity index (χ2n) is 2.59. The van der Waals surface area contributed by atoms with E-state index in [-0.39, 0.29) is 0 Å². The maximum absolute atomic E-state index is 12.1. The van der Waals surface area contributed by atoms with E-state index in [2.05, 4.69) is 16.4 Å². The van der Waals surface area contributed by atoms with Crippen LogP contribution in [0.3, 0.4) is 0 Å². The molecule has 0 aliphatic rings. The van der Waals surface area contributed by atoms with Gasteiger partial charge < -0.3 is 5.43 Å². The summed E-state index contributed by atoms with van der Waals surface area (Å²) in [6, 6.07) is 4.35. The van der Waals surface area contributed by atoms with Crippen LogP contribution in [0.25, 0.3) is 0 Å². The Hall–Kier alpha value is -1.76. The van der Waals surface area contributed by atoms with Crippen LogP contribution in [-0.4, -0.2) is 6.41 Å². The van der Waals surface area contributed by atoms with Crippen LogP contribution < -0.4 is 16.4 Å². The Balaban J connectivity index is 2.60. The summed E-state index contributed by atoms with van der Waals surface area (Å²) < 4.78 is 36.4. The zero-order valence-electron chi connectivity index (χ0n) is 7.43. The lowest BCUT2D eigenvalue weighted by atomic mass is 10.2. The Bertz CT molecular complexity index is 323. The largest absolute Gasteiger partial charge is 0.416 e. The molecule has 0 aliphatic carbocycles. The van der Waals surface area contributed by atoms with Crippen molar-refractivity contribution in [3.05, 3.63) is 29.8 Å². The molecule has 1 rings (SSSR count). The fraction of sp³-hybridized carbons (Fsp3) is 0.125. The number of amides is 1. The van der Waals surface area contributed by atoms with E-state index in [0.717, 1.165) is 12.1 Å². The van der Waals surface area contributed by atoms with E-state index >= 15 is 0 Å². The Morgan fingerprint density at radius 3 is 2.20 bits per heavy atom. The molecule has 0 aromatic heterocycles. The van der Waals surface area contributed by atoms with Crippen LogP contribution >= 0.6 is 0 Å². The van der Waals surface area contributed by atoms with Gasteiger partial charge in [-0.2, -0.15) is 13.2 Å². The summed E-state index contributed by atoms with van der Waals surface area (Å²) in [7, 11) is 0. The third-order valence-corrected chi connectivity index (χ3v) is 1.55. The van der Waals surface area contributed by atoms with Crippen molar-refractivity contribution >= 4 is 12.1 Å². The number of carbonyl (C=O) groups excluding carboxylic acids is 1. The highest BCUT2D eigenvalue weighted by Crippen LogP contribution is 2.29. The molecule has 0 fully saturated rings. The molecule has 0 radical (unpaired) electrons. The average molecular weight is 219 g/mol. The SMILES string of the molecule is O=CNNNc1ccc(C(F)(F)F)cc1. The molecule has 0 unspecified atom stereocenters. The van der Waals surface area contributed by atoms with E-state index in [0.29, 0.717) is 12.1 Å². The van der Waals surface area contributed by atoms with Crippen LogP contribution in [0.5, 0.6) is 0 Å². The predicted octanol–water partition coefficient (Wildman–Crippen LogP) is 1.28. The van der Waals surface area contributed by atoms with Crippen molar-refractivity contribution in [3.63, 3.8) is 0 Å². The van der Waals surface area contributed by atoms with Gasteiger partial charge in [-0.1, -0.05) is 0 Å². The van der Waals surface area contributed by atoms with Gasteiger partial charge in [-0.15, -0.1) is 5.53 Å². The summed E-state index contributed by atoms with van der Waals surface area (Å²) in [5.74, 6) is 0. The van der Waals surface area contributed by atoms with Gasteiger partial charge >= 0.3 is 6.18 Å². The van der Waals surface area contributed by atoms with E-state index in [4.69, 9.17) is 0 Å². The average Bonchev–Trinajstić information content (AvgIpc) is 2.18. The van der Waals surface area contributed by atoms with E-state index < -0.39 is 11.7 Å². The monoisotopic (exact) mass is 219 g/mol. The number of benzene rings is 1. The molecule has 7 heteroatoms. The van der Waals surface area contributed by atoms with Crippen LogP contribution in [0.1, 0.15) is 5.56 Å². The van der Waals surface area contributed by atoms with Gasteiger partial charge in [0.25, 0.3) is 0 Å². The van der Waals surface area contributed by atoms with Crippen molar-refractivity contribution in [1.82, 2.24) is 11.0 Å². The van der Waals surface area contributed by atoms with Gasteiger partial charge in [-0.3, -0.25) is 10.2 Å². The molecular formula is C8H8F3N3O. The van der Waals surface area contributed by atoms with Crippen molar-refractivity contribution in [2.45, 2.75) is 6.18 Å². The van der Waals surface area contributed by atoms with E-state index in [1.54, 1.807) is 0 Å². The van der Waals surface area contributed by atoms with E-state index in [1.165, 1.54) is 12.1 Å². The first-order chi connectivity index (χ1) is 7.04. The number of halogens is 3. The zero-order valence-corrected chi connectivity index (χ0v) is 7.43. The van der Waals surface area contributed by atoms with Crippen LogP contribution in [0, 0.1) is 0 Å². The molecule has 0 saturated carbocycles. The number of hydrogen-bond donors (Lipinski definition) is 3. The molecule has 0 saturated heterocycles. The smallest absolute Gasteiger partial charge is 0.304 e. The molecule has 82 valence electrons. The van der Waals surface area contributed by atoms with Crippen molar-refractivity contribution in [2.24, 2.45) is 0 Å². The molecule has 15 heavy (non-hydrogen) atoms. The lowest BCUT2D eigenvalue weighted by molar-refractivity contribution is -0.137. The van der Waals surface area contributed by atoms with Crippen molar-refractivity contribution < 1.29 is 18.0 Å². The first-order valence-corrected chi connectivity index (χ1v) is 3.91. The summed E-state index contributed by atoms with van der Waals surface area (Å²) >= 11 is 0. The molecule has 0 spiro atoms. The number of nitrogens with one attached hydrogen (secondary N) is 3. The number of carbonyl (C=O) groups is 1. The molecule has 1 aromatic carbocycles. The van der Waals surface area contributed by atoms with Gasteiger partial charge in [-0.25, -0.2) is 0 Å². The summed E-state index contributed by atoms with van der Waals surface area (Å²) in [6.45, 7) is 0. The minimum absolute atomic E-state index is 0.386. The molecule has 3 N–H and O–H groups in total. The first-order valence-electron chi connectivity index (χ1n) is 3.91. The Kier molecular flexibility index (Phi) is 3.51. The van der Waals surface area contributed by atoms with Gasteiger partial charge in [0.1, 0.15) is 0 Å². The normalized spacial score (nSPS) is 10.9. The van der Waals surface area contributed by atoms with Crippen LogP contribution in [-0.2, 0) is 11.0 Å². The molecule has 1 amide bonds. The maximum Gasteiger partial charge on any atom is 0.416 e. The van der Waals surface area contributed by atoms with Gasteiger partial charge in [0, 0.05) is 0 Å². The van der Waals surface area contributed by atoms with E-state index in [9.17, 15) is 18.0 Å². The number of rotatable bonds is 4. The molecule has 0 atom stereocenters.